The molecule has 0 fully saturated rings. The number of hydrogen-bond donors (Lipinski definition) is 2. The molecule has 0 atom stereocenters. The van der Waals surface area contributed by atoms with E-state index in [-0.39, 0.29) is 17.5 Å². The maximum Gasteiger partial charge on any atom is 0.238 e. The van der Waals surface area contributed by atoms with Crippen molar-refractivity contribution in [1.82, 2.24) is 19.9 Å². The van der Waals surface area contributed by atoms with E-state index in [1.54, 1.807) is 19.2 Å². The van der Waals surface area contributed by atoms with Gasteiger partial charge in [0, 0.05) is 11.8 Å². The number of ether oxygens (including phenoxy) is 1. The molecular weight excluding hydrogens is 352 g/mol. The molecule has 0 bridgehead atoms. The quantitative estimate of drug-likeness (QED) is 0.708. The standard InChI is InChI=1S/C13H14N6O3S2/c1-6-9-12(18-13(14)16-6)23-11(17-9)7-4-8(19-24(3,20)21)10(22-2)15-5-7/h4-5,19H,1-3H3,(H2,14,16,18). The molecule has 0 saturated heterocycles. The topological polar surface area (TPSA) is 133 Å². The van der Waals surface area contributed by atoms with Crippen LogP contribution >= 0.6 is 11.3 Å². The summed E-state index contributed by atoms with van der Waals surface area (Å²) >= 11 is 1.32. The van der Waals surface area contributed by atoms with Crippen LogP contribution in [0.15, 0.2) is 12.3 Å². The summed E-state index contributed by atoms with van der Waals surface area (Å²) in [5.41, 5.74) is 7.85. The van der Waals surface area contributed by atoms with Gasteiger partial charge in [-0.3, -0.25) is 4.72 Å². The molecule has 0 aliphatic carbocycles. The fraction of sp³-hybridized carbons (Fsp3) is 0.231. The molecule has 0 unspecified atom stereocenters. The lowest BCUT2D eigenvalue weighted by atomic mass is 10.2. The molecule has 0 aliphatic heterocycles. The molecule has 3 heterocycles. The van der Waals surface area contributed by atoms with Crippen LogP contribution < -0.4 is 15.2 Å². The van der Waals surface area contributed by atoms with Gasteiger partial charge in [0.15, 0.2) is 0 Å². The Morgan fingerprint density at radius 2 is 2.04 bits per heavy atom. The highest BCUT2D eigenvalue weighted by atomic mass is 32.2. The number of aryl methyl sites for hydroxylation is 1. The van der Waals surface area contributed by atoms with Crippen molar-refractivity contribution >= 4 is 43.3 Å². The Kier molecular flexibility index (Phi) is 3.97. The number of nitrogens with zero attached hydrogens (tertiary/aromatic N) is 4. The number of anilines is 2. The lowest BCUT2D eigenvalue weighted by Gasteiger charge is -2.09. The Balaban J connectivity index is 2.12. The van der Waals surface area contributed by atoms with E-state index >= 15 is 0 Å². The molecule has 9 nitrogen and oxygen atoms in total. The minimum Gasteiger partial charge on any atom is -0.480 e. The van der Waals surface area contributed by atoms with Crippen molar-refractivity contribution in [3.63, 3.8) is 0 Å². The van der Waals surface area contributed by atoms with Crippen molar-refractivity contribution in [3.05, 3.63) is 18.0 Å². The molecule has 3 N–H and O–H groups in total. The smallest absolute Gasteiger partial charge is 0.238 e. The third kappa shape index (κ3) is 3.21. The number of nitrogens with one attached hydrogen (secondary N) is 1. The Morgan fingerprint density at radius 1 is 1.29 bits per heavy atom. The van der Waals surface area contributed by atoms with Gasteiger partial charge in [-0.1, -0.05) is 11.3 Å². The van der Waals surface area contributed by atoms with Crippen molar-refractivity contribution in [3.8, 4) is 16.5 Å². The van der Waals surface area contributed by atoms with Crippen LogP contribution in [0, 0.1) is 6.92 Å². The largest absolute Gasteiger partial charge is 0.480 e. The minimum absolute atomic E-state index is 0.172. The monoisotopic (exact) mass is 366 g/mol. The average molecular weight is 366 g/mol. The van der Waals surface area contributed by atoms with Gasteiger partial charge in [-0.2, -0.15) is 0 Å². The second-order valence-corrected chi connectivity index (χ2v) is 7.72. The Bertz CT molecular complexity index is 1030. The number of pyridine rings is 1. The van der Waals surface area contributed by atoms with Crippen LogP contribution in [0.2, 0.25) is 0 Å². The van der Waals surface area contributed by atoms with Gasteiger partial charge >= 0.3 is 0 Å². The fourth-order valence-corrected chi connectivity index (χ4v) is 3.63. The van der Waals surface area contributed by atoms with Crippen molar-refractivity contribution in [2.75, 3.05) is 23.8 Å². The minimum atomic E-state index is -3.47. The SMILES string of the molecule is COc1ncc(-c2nc3c(C)nc(N)nc3s2)cc1NS(C)(=O)=O. The van der Waals surface area contributed by atoms with Crippen LogP contribution in [0.4, 0.5) is 11.6 Å². The van der Waals surface area contributed by atoms with Crippen LogP contribution in [0.1, 0.15) is 5.69 Å². The van der Waals surface area contributed by atoms with Crippen LogP contribution in [0.5, 0.6) is 5.88 Å². The number of hydrogen-bond acceptors (Lipinski definition) is 9. The Hall–Kier alpha value is -2.53. The van der Waals surface area contributed by atoms with E-state index in [4.69, 9.17) is 10.5 Å². The predicted octanol–water partition coefficient (Wildman–Crippen LogP) is 1.42. The van der Waals surface area contributed by atoms with Gasteiger partial charge in [0.05, 0.1) is 19.1 Å². The van der Waals surface area contributed by atoms with Gasteiger partial charge < -0.3 is 10.5 Å². The first kappa shape index (κ1) is 16.3. The van der Waals surface area contributed by atoms with Crippen molar-refractivity contribution in [1.29, 1.82) is 0 Å². The molecule has 3 aromatic heterocycles. The van der Waals surface area contributed by atoms with E-state index in [1.807, 2.05) is 0 Å². The first-order chi connectivity index (χ1) is 11.3. The Morgan fingerprint density at radius 3 is 2.71 bits per heavy atom. The summed E-state index contributed by atoms with van der Waals surface area (Å²) in [5, 5.41) is 0.625. The second-order valence-electron chi connectivity index (χ2n) is 5.00. The highest BCUT2D eigenvalue weighted by Gasteiger charge is 2.15. The molecule has 0 aromatic carbocycles. The Labute approximate surface area is 142 Å². The number of methoxy groups -OCH3 is 1. The van der Waals surface area contributed by atoms with Gasteiger partial charge in [-0.25, -0.2) is 28.4 Å². The second kappa shape index (κ2) is 5.83. The van der Waals surface area contributed by atoms with E-state index in [9.17, 15) is 8.42 Å². The first-order valence-corrected chi connectivity index (χ1v) is 9.40. The fourth-order valence-electron chi connectivity index (χ4n) is 2.11. The number of sulfonamides is 1. The number of thiazole rings is 1. The molecule has 0 radical (unpaired) electrons. The van der Waals surface area contributed by atoms with Gasteiger partial charge in [-0.05, 0) is 13.0 Å². The van der Waals surface area contributed by atoms with E-state index < -0.39 is 10.0 Å². The van der Waals surface area contributed by atoms with E-state index in [0.717, 1.165) is 6.26 Å². The van der Waals surface area contributed by atoms with Crippen LogP contribution in [-0.4, -0.2) is 41.7 Å². The van der Waals surface area contributed by atoms with Crippen molar-refractivity contribution < 1.29 is 13.2 Å². The van der Waals surface area contributed by atoms with E-state index in [1.165, 1.54) is 18.4 Å². The molecule has 0 amide bonds. The molecule has 3 aromatic rings. The number of aromatic nitrogens is 4. The normalized spacial score (nSPS) is 11.6. The third-order valence-corrected chi connectivity index (χ3v) is 4.63. The molecule has 0 saturated carbocycles. The highest BCUT2D eigenvalue weighted by Crippen LogP contribution is 2.33. The van der Waals surface area contributed by atoms with Gasteiger partial charge in [0.2, 0.25) is 21.9 Å². The number of fused-ring (bicyclic) bond motifs is 1. The maximum atomic E-state index is 11.5. The summed E-state index contributed by atoms with van der Waals surface area (Å²) in [6.45, 7) is 1.80. The summed E-state index contributed by atoms with van der Waals surface area (Å²) in [6.07, 6.45) is 2.61. The number of nitrogen functional groups attached to an aromatic ring is 1. The summed E-state index contributed by atoms with van der Waals surface area (Å²) in [4.78, 5) is 17.5. The van der Waals surface area contributed by atoms with E-state index in [0.29, 0.717) is 26.6 Å². The number of rotatable bonds is 4. The van der Waals surface area contributed by atoms with Crippen LogP contribution in [0.25, 0.3) is 20.9 Å². The summed E-state index contributed by atoms with van der Waals surface area (Å²) < 4.78 is 30.5. The maximum absolute atomic E-state index is 11.5. The van der Waals surface area contributed by atoms with Crippen LogP contribution in [0.3, 0.4) is 0 Å². The van der Waals surface area contributed by atoms with E-state index in [2.05, 4.69) is 24.7 Å². The molecule has 0 spiro atoms. The lowest BCUT2D eigenvalue weighted by molar-refractivity contribution is 0.400. The van der Waals surface area contributed by atoms with Crippen molar-refractivity contribution in [2.45, 2.75) is 6.92 Å². The predicted molar refractivity (Wildman–Crippen MR) is 92.6 cm³/mol. The summed E-state index contributed by atoms with van der Waals surface area (Å²) in [5.74, 6) is 0.355. The molecule has 24 heavy (non-hydrogen) atoms. The molecule has 126 valence electrons. The lowest BCUT2D eigenvalue weighted by Crippen LogP contribution is -2.11. The summed E-state index contributed by atoms with van der Waals surface area (Å²) in [6, 6.07) is 1.61. The number of nitrogens with two attached hydrogens (primary N) is 1. The summed E-state index contributed by atoms with van der Waals surface area (Å²) in [7, 11) is -2.06. The zero-order valence-corrected chi connectivity index (χ0v) is 14.7. The third-order valence-electron chi connectivity index (χ3n) is 3.04. The molecule has 11 heteroatoms. The highest BCUT2D eigenvalue weighted by molar-refractivity contribution is 7.92. The molecule has 3 rings (SSSR count). The first-order valence-electron chi connectivity index (χ1n) is 6.69. The average Bonchev–Trinajstić information content (AvgIpc) is 2.89. The van der Waals surface area contributed by atoms with Crippen molar-refractivity contribution in [2.24, 2.45) is 0 Å². The van der Waals surface area contributed by atoms with Gasteiger partial charge in [0.1, 0.15) is 21.0 Å². The zero-order valence-electron chi connectivity index (χ0n) is 13.1. The zero-order chi connectivity index (χ0) is 17.5. The molecular formula is C13H14N6O3S2. The van der Waals surface area contributed by atoms with Gasteiger partial charge in [0.25, 0.3) is 0 Å². The van der Waals surface area contributed by atoms with Crippen LogP contribution in [-0.2, 0) is 10.0 Å². The molecule has 0 aliphatic rings. The van der Waals surface area contributed by atoms with Gasteiger partial charge in [-0.15, -0.1) is 0 Å².